The zero-order valence-electron chi connectivity index (χ0n) is 14.0. The summed E-state index contributed by atoms with van der Waals surface area (Å²) in [5, 5.41) is 0. The van der Waals surface area contributed by atoms with E-state index in [0.717, 1.165) is 29.8 Å². The monoisotopic (exact) mass is 308 g/mol. The molecule has 4 heteroatoms. The molecule has 0 radical (unpaired) electrons. The number of benzene rings is 1. The van der Waals surface area contributed by atoms with Crippen LogP contribution in [0.1, 0.15) is 39.1 Å². The predicted octanol–water partition coefficient (Wildman–Crippen LogP) is 4.16. The quantitative estimate of drug-likeness (QED) is 0.770. The maximum atomic E-state index is 6.39. The number of aromatic nitrogens is 3. The molecule has 0 aliphatic carbocycles. The summed E-state index contributed by atoms with van der Waals surface area (Å²) in [6, 6.07) is 10.4. The lowest BCUT2D eigenvalue weighted by molar-refractivity contribution is 0.479. The van der Waals surface area contributed by atoms with Crippen LogP contribution in [0, 0.1) is 5.92 Å². The maximum absolute atomic E-state index is 6.39. The zero-order chi connectivity index (χ0) is 16.4. The minimum Gasteiger partial charge on any atom is -0.327 e. The molecule has 0 saturated heterocycles. The average molecular weight is 308 g/mol. The number of nitrogens with zero attached hydrogens (tertiary/aromatic N) is 3. The van der Waals surface area contributed by atoms with E-state index in [1.54, 1.807) is 0 Å². The molecule has 0 aliphatic heterocycles. The predicted molar refractivity (Wildman–Crippen MR) is 95.0 cm³/mol. The molecule has 4 nitrogen and oxygen atoms in total. The number of imidazole rings is 1. The van der Waals surface area contributed by atoms with Gasteiger partial charge in [-0.25, -0.2) is 4.98 Å². The summed E-state index contributed by atoms with van der Waals surface area (Å²) in [4.78, 5) is 8.88. The number of rotatable bonds is 5. The summed E-state index contributed by atoms with van der Waals surface area (Å²) < 4.78 is 2.24. The zero-order valence-corrected chi connectivity index (χ0v) is 14.0. The molecule has 0 aliphatic rings. The lowest BCUT2D eigenvalue weighted by atomic mass is 10.0. The summed E-state index contributed by atoms with van der Waals surface area (Å²) in [5.74, 6) is 1.55. The molecule has 0 bridgehead atoms. The van der Waals surface area contributed by atoms with Crippen LogP contribution in [0.5, 0.6) is 0 Å². The van der Waals surface area contributed by atoms with E-state index in [2.05, 4.69) is 48.5 Å². The molecular formula is C19H24N4. The van der Waals surface area contributed by atoms with Gasteiger partial charge in [0.05, 0.1) is 17.1 Å². The van der Waals surface area contributed by atoms with Crippen LogP contribution in [0.2, 0.25) is 0 Å². The first-order valence-electron chi connectivity index (χ1n) is 8.26. The van der Waals surface area contributed by atoms with Crippen LogP contribution in [-0.4, -0.2) is 14.5 Å². The van der Waals surface area contributed by atoms with Crippen LogP contribution in [0.3, 0.4) is 0 Å². The van der Waals surface area contributed by atoms with Gasteiger partial charge < -0.3 is 10.3 Å². The highest BCUT2D eigenvalue weighted by Crippen LogP contribution is 2.27. The molecule has 0 unspecified atom stereocenters. The summed E-state index contributed by atoms with van der Waals surface area (Å²) in [5.41, 5.74) is 10.9. The first kappa shape index (κ1) is 15.7. The highest BCUT2D eigenvalue weighted by atomic mass is 15.1. The molecule has 2 aromatic heterocycles. The van der Waals surface area contributed by atoms with Gasteiger partial charge >= 0.3 is 0 Å². The molecule has 0 fully saturated rings. The van der Waals surface area contributed by atoms with Crippen molar-refractivity contribution in [1.29, 1.82) is 0 Å². The van der Waals surface area contributed by atoms with E-state index in [9.17, 15) is 0 Å². The van der Waals surface area contributed by atoms with Crippen molar-refractivity contribution in [1.82, 2.24) is 14.5 Å². The van der Waals surface area contributed by atoms with E-state index in [-0.39, 0.29) is 6.04 Å². The summed E-state index contributed by atoms with van der Waals surface area (Å²) in [6.07, 6.45) is 4.59. The SMILES string of the molecule is CCn1c([C@H](N)CC(C)C)nc2ccc(-c3ccncc3)cc21. The second-order valence-electron chi connectivity index (χ2n) is 6.39. The Morgan fingerprint density at radius 3 is 2.48 bits per heavy atom. The topological polar surface area (TPSA) is 56.7 Å². The van der Waals surface area contributed by atoms with Crippen molar-refractivity contribution in [3.05, 3.63) is 48.5 Å². The molecule has 3 rings (SSSR count). The highest BCUT2D eigenvalue weighted by Gasteiger charge is 2.17. The van der Waals surface area contributed by atoms with E-state index in [1.165, 1.54) is 11.1 Å². The van der Waals surface area contributed by atoms with E-state index in [0.29, 0.717) is 5.92 Å². The molecule has 23 heavy (non-hydrogen) atoms. The van der Waals surface area contributed by atoms with Gasteiger partial charge in [-0.2, -0.15) is 0 Å². The van der Waals surface area contributed by atoms with Crippen LogP contribution < -0.4 is 5.73 Å². The van der Waals surface area contributed by atoms with E-state index < -0.39 is 0 Å². The Balaban J connectivity index is 2.08. The fourth-order valence-electron chi connectivity index (χ4n) is 3.09. The van der Waals surface area contributed by atoms with Crippen molar-refractivity contribution in [3.8, 4) is 11.1 Å². The Labute approximate surface area is 137 Å². The fraction of sp³-hybridized carbons (Fsp3) is 0.368. The van der Waals surface area contributed by atoms with Crippen LogP contribution in [0.25, 0.3) is 22.2 Å². The Hall–Kier alpha value is -2.20. The molecule has 0 saturated carbocycles. The van der Waals surface area contributed by atoms with Gasteiger partial charge in [-0.3, -0.25) is 4.98 Å². The standard InChI is InChI=1S/C19H24N4/c1-4-23-18-12-15(14-7-9-21-10-8-14)5-6-17(18)22-19(23)16(20)11-13(2)3/h5-10,12-13,16H,4,11,20H2,1-3H3/t16-/m1/s1. The van der Waals surface area contributed by atoms with Gasteiger partial charge in [0.2, 0.25) is 0 Å². The Kier molecular flexibility index (Phi) is 4.44. The van der Waals surface area contributed by atoms with Gasteiger partial charge in [-0.05, 0) is 54.7 Å². The van der Waals surface area contributed by atoms with Crippen LogP contribution in [0.4, 0.5) is 0 Å². The first-order valence-corrected chi connectivity index (χ1v) is 8.26. The lowest BCUT2D eigenvalue weighted by Gasteiger charge is -2.15. The molecule has 2 heterocycles. The third-order valence-electron chi connectivity index (χ3n) is 4.16. The van der Waals surface area contributed by atoms with Crippen LogP contribution in [-0.2, 0) is 6.54 Å². The van der Waals surface area contributed by atoms with E-state index >= 15 is 0 Å². The molecule has 3 aromatic rings. The van der Waals surface area contributed by atoms with Crippen molar-refractivity contribution in [2.24, 2.45) is 11.7 Å². The van der Waals surface area contributed by atoms with Crippen molar-refractivity contribution in [2.45, 2.75) is 39.8 Å². The molecule has 0 spiro atoms. The van der Waals surface area contributed by atoms with Gasteiger partial charge in [0, 0.05) is 18.9 Å². The smallest absolute Gasteiger partial charge is 0.126 e. The molecule has 120 valence electrons. The van der Waals surface area contributed by atoms with Gasteiger partial charge in [0.15, 0.2) is 0 Å². The van der Waals surface area contributed by atoms with Gasteiger partial charge in [-0.1, -0.05) is 19.9 Å². The van der Waals surface area contributed by atoms with Crippen molar-refractivity contribution in [2.75, 3.05) is 0 Å². The van der Waals surface area contributed by atoms with Crippen molar-refractivity contribution >= 4 is 11.0 Å². The molecular weight excluding hydrogens is 284 g/mol. The van der Waals surface area contributed by atoms with E-state index in [1.807, 2.05) is 24.5 Å². The van der Waals surface area contributed by atoms with Crippen LogP contribution in [0.15, 0.2) is 42.7 Å². The number of fused-ring (bicyclic) bond motifs is 1. The van der Waals surface area contributed by atoms with Crippen molar-refractivity contribution < 1.29 is 0 Å². The number of hydrogen-bond acceptors (Lipinski definition) is 3. The minimum absolute atomic E-state index is 0.0216. The van der Waals surface area contributed by atoms with Gasteiger partial charge in [-0.15, -0.1) is 0 Å². The minimum atomic E-state index is -0.0216. The highest BCUT2D eigenvalue weighted by molar-refractivity contribution is 5.82. The molecule has 1 atom stereocenters. The fourth-order valence-corrected chi connectivity index (χ4v) is 3.09. The molecule has 0 amide bonds. The van der Waals surface area contributed by atoms with Gasteiger partial charge in [0.1, 0.15) is 5.82 Å². The first-order chi connectivity index (χ1) is 11.1. The largest absolute Gasteiger partial charge is 0.327 e. The van der Waals surface area contributed by atoms with E-state index in [4.69, 9.17) is 10.7 Å². The summed E-state index contributed by atoms with van der Waals surface area (Å²) in [7, 11) is 0. The maximum Gasteiger partial charge on any atom is 0.126 e. The van der Waals surface area contributed by atoms with Crippen molar-refractivity contribution in [3.63, 3.8) is 0 Å². The lowest BCUT2D eigenvalue weighted by Crippen LogP contribution is -2.18. The number of aryl methyl sites for hydroxylation is 1. The number of nitrogens with two attached hydrogens (primary N) is 1. The second kappa shape index (κ2) is 6.50. The summed E-state index contributed by atoms with van der Waals surface area (Å²) >= 11 is 0. The van der Waals surface area contributed by atoms with Gasteiger partial charge in [0.25, 0.3) is 0 Å². The third kappa shape index (κ3) is 3.13. The Morgan fingerprint density at radius 1 is 1.09 bits per heavy atom. The molecule has 1 aromatic carbocycles. The van der Waals surface area contributed by atoms with Crippen LogP contribution >= 0.6 is 0 Å². The summed E-state index contributed by atoms with van der Waals surface area (Å²) in [6.45, 7) is 7.41. The normalized spacial score (nSPS) is 12.9. The number of hydrogen-bond donors (Lipinski definition) is 1. The average Bonchev–Trinajstić information content (AvgIpc) is 2.92. The molecule has 2 N–H and O–H groups in total. The Morgan fingerprint density at radius 2 is 1.83 bits per heavy atom. The Bertz CT molecular complexity index is 790. The number of pyridine rings is 1. The second-order valence-corrected chi connectivity index (χ2v) is 6.39. The third-order valence-corrected chi connectivity index (χ3v) is 4.16.